The van der Waals surface area contributed by atoms with Crippen molar-refractivity contribution in [2.75, 3.05) is 6.54 Å². The summed E-state index contributed by atoms with van der Waals surface area (Å²) < 4.78 is 1.67. The molecule has 1 N–H and O–H groups in total. The Hall–Kier alpha value is -2.10. The third-order valence-electron chi connectivity index (χ3n) is 3.93. The van der Waals surface area contributed by atoms with Crippen LogP contribution in [0.25, 0.3) is 0 Å². The lowest BCUT2D eigenvalue weighted by Gasteiger charge is -2.16. The first-order valence-corrected chi connectivity index (χ1v) is 6.99. The summed E-state index contributed by atoms with van der Waals surface area (Å²) >= 11 is 0. The summed E-state index contributed by atoms with van der Waals surface area (Å²) in [6.45, 7) is 2.98. The maximum Gasteiger partial charge on any atom is 0.241 e. The maximum absolute atomic E-state index is 12.0. The predicted octanol–water partition coefficient (Wildman–Crippen LogP) is 2.04. The molecule has 0 saturated heterocycles. The van der Waals surface area contributed by atoms with Crippen LogP contribution in [0.1, 0.15) is 24.0 Å². The van der Waals surface area contributed by atoms with Crippen LogP contribution in [0.2, 0.25) is 0 Å². The number of nitrogens with one attached hydrogen (secondary N) is 1. The Morgan fingerprint density at radius 3 is 2.70 bits per heavy atom. The van der Waals surface area contributed by atoms with E-state index < -0.39 is 0 Å². The van der Waals surface area contributed by atoms with Crippen LogP contribution in [-0.2, 0) is 16.8 Å². The smallest absolute Gasteiger partial charge is 0.241 e. The minimum absolute atomic E-state index is 0.0234. The van der Waals surface area contributed by atoms with Crippen molar-refractivity contribution in [2.45, 2.75) is 31.7 Å². The molecule has 1 aliphatic carbocycles. The van der Waals surface area contributed by atoms with Crippen molar-refractivity contribution in [1.82, 2.24) is 15.1 Å². The second-order valence-corrected chi connectivity index (χ2v) is 5.64. The van der Waals surface area contributed by atoms with Crippen LogP contribution in [-0.4, -0.2) is 22.2 Å². The Morgan fingerprint density at radius 1 is 1.35 bits per heavy atom. The number of amides is 1. The summed E-state index contributed by atoms with van der Waals surface area (Å²) in [5.41, 5.74) is 2.56. The van der Waals surface area contributed by atoms with Gasteiger partial charge in [-0.05, 0) is 30.9 Å². The van der Waals surface area contributed by atoms with Gasteiger partial charge in [0.05, 0.1) is 6.20 Å². The van der Waals surface area contributed by atoms with E-state index in [0.717, 1.165) is 24.9 Å². The summed E-state index contributed by atoms with van der Waals surface area (Å²) in [6.07, 6.45) is 5.94. The number of carbonyl (C=O) groups excluding carboxylic acids is 1. The first-order chi connectivity index (χ1) is 9.68. The molecule has 20 heavy (non-hydrogen) atoms. The third-order valence-corrected chi connectivity index (χ3v) is 3.93. The highest BCUT2D eigenvalue weighted by Crippen LogP contribution is 2.47. The van der Waals surface area contributed by atoms with E-state index in [1.54, 1.807) is 10.9 Å². The summed E-state index contributed by atoms with van der Waals surface area (Å²) in [6, 6.07) is 10.4. The SMILES string of the molecule is Cc1cnn(CC(=O)NCC2(c3ccccc3)CC2)c1. The van der Waals surface area contributed by atoms with Crippen LogP contribution in [0, 0.1) is 6.92 Å². The highest BCUT2D eigenvalue weighted by atomic mass is 16.2. The molecule has 1 heterocycles. The van der Waals surface area contributed by atoms with Gasteiger partial charge in [0.25, 0.3) is 0 Å². The normalized spacial score (nSPS) is 15.8. The van der Waals surface area contributed by atoms with E-state index in [0.29, 0.717) is 6.54 Å². The number of carbonyl (C=O) groups is 1. The molecule has 104 valence electrons. The van der Waals surface area contributed by atoms with Crippen LogP contribution in [0.3, 0.4) is 0 Å². The summed E-state index contributed by atoms with van der Waals surface area (Å²) in [7, 11) is 0. The topological polar surface area (TPSA) is 46.9 Å². The number of rotatable bonds is 5. The Kier molecular flexibility index (Phi) is 3.30. The zero-order valence-corrected chi connectivity index (χ0v) is 11.7. The van der Waals surface area contributed by atoms with Gasteiger partial charge < -0.3 is 5.32 Å². The van der Waals surface area contributed by atoms with Gasteiger partial charge in [0, 0.05) is 18.2 Å². The second-order valence-electron chi connectivity index (χ2n) is 5.64. The zero-order chi connectivity index (χ0) is 14.0. The molecule has 1 aromatic carbocycles. The van der Waals surface area contributed by atoms with Gasteiger partial charge in [-0.1, -0.05) is 30.3 Å². The van der Waals surface area contributed by atoms with Gasteiger partial charge in [0.2, 0.25) is 5.91 Å². The first kappa shape index (κ1) is 12.9. The van der Waals surface area contributed by atoms with Crippen molar-refractivity contribution >= 4 is 5.91 Å². The lowest BCUT2D eigenvalue weighted by molar-refractivity contribution is -0.121. The molecule has 1 aromatic heterocycles. The summed E-state index contributed by atoms with van der Waals surface area (Å²) in [5.74, 6) is 0.0234. The van der Waals surface area contributed by atoms with Crippen LogP contribution >= 0.6 is 0 Å². The van der Waals surface area contributed by atoms with Crippen molar-refractivity contribution in [3.8, 4) is 0 Å². The van der Waals surface area contributed by atoms with E-state index in [-0.39, 0.29) is 11.3 Å². The molecular formula is C16H19N3O. The fourth-order valence-corrected chi connectivity index (χ4v) is 2.53. The number of aromatic nitrogens is 2. The fourth-order valence-electron chi connectivity index (χ4n) is 2.53. The molecule has 1 aliphatic rings. The molecule has 0 atom stereocenters. The maximum atomic E-state index is 12.0. The van der Waals surface area contributed by atoms with Gasteiger partial charge in [-0.3, -0.25) is 9.48 Å². The van der Waals surface area contributed by atoms with E-state index in [4.69, 9.17) is 0 Å². The average molecular weight is 269 g/mol. The van der Waals surface area contributed by atoms with E-state index >= 15 is 0 Å². The van der Waals surface area contributed by atoms with Gasteiger partial charge in [-0.25, -0.2) is 0 Å². The van der Waals surface area contributed by atoms with Crippen molar-refractivity contribution in [1.29, 1.82) is 0 Å². The molecule has 0 radical (unpaired) electrons. The van der Waals surface area contributed by atoms with Gasteiger partial charge in [0.1, 0.15) is 6.54 Å². The molecule has 1 amide bonds. The number of aryl methyl sites for hydroxylation is 1. The molecule has 1 saturated carbocycles. The first-order valence-electron chi connectivity index (χ1n) is 6.99. The van der Waals surface area contributed by atoms with Gasteiger partial charge in [-0.15, -0.1) is 0 Å². The Labute approximate surface area is 118 Å². The lowest BCUT2D eigenvalue weighted by Crippen LogP contribution is -2.34. The number of nitrogens with zero attached hydrogens (tertiary/aromatic N) is 2. The number of benzene rings is 1. The highest BCUT2D eigenvalue weighted by Gasteiger charge is 2.44. The lowest BCUT2D eigenvalue weighted by atomic mass is 9.96. The average Bonchev–Trinajstić information content (AvgIpc) is 3.15. The predicted molar refractivity (Wildman–Crippen MR) is 77.3 cm³/mol. The van der Waals surface area contributed by atoms with Crippen molar-refractivity contribution in [3.63, 3.8) is 0 Å². The van der Waals surface area contributed by atoms with Gasteiger partial charge in [0.15, 0.2) is 0 Å². The minimum Gasteiger partial charge on any atom is -0.354 e. The van der Waals surface area contributed by atoms with Gasteiger partial charge >= 0.3 is 0 Å². The number of hydrogen-bond acceptors (Lipinski definition) is 2. The van der Waals surface area contributed by atoms with E-state index in [2.05, 4.69) is 34.7 Å². The van der Waals surface area contributed by atoms with E-state index in [1.165, 1.54) is 5.56 Å². The van der Waals surface area contributed by atoms with Crippen LogP contribution < -0.4 is 5.32 Å². The molecule has 0 unspecified atom stereocenters. The van der Waals surface area contributed by atoms with Crippen LogP contribution in [0.15, 0.2) is 42.7 Å². The van der Waals surface area contributed by atoms with Gasteiger partial charge in [-0.2, -0.15) is 5.10 Å². The molecule has 0 bridgehead atoms. The van der Waals surface area contributed by atoms with Crippen molar-refractivity contribution < 1.29 is 4.79 Å². The van der Waals surface area contributed by atoms with Crippen LogP contribution in [0.4, 0.5) is 0 Å². The summed E-state index contributed by atoms with van der Waals surface area (Å²) in [5, 5.41) is 7.17. The van der Waals surface area contributed by atoms with Crippen LogP contribution in [0.5, 0.6) is 0 Å². The van der Waals surface area contributed by atoms with E-state index in [9.17, 15) is 4.79 Å². The molecule has 1 fully saturated rings. The Bertz CT molecular complexity index is 599. The Balaban J connectivity index is 1.56. The summed E-state index contributed by atoms with van der Waals surface area (Å²) in [4.78, 5) is 12.0. The molecule has 4 nitrogen and oxygen atoms in total. The monoisotopic (exact) mass is 269 g/mol. The molecule has 0 spiro atoms. The van der Waals surface area contributed by atoms with E-state index in [1.807, 2.05) is 19.2 Å². The minimum atomic E-state index is 0.0234. The molecular weight excluding hydrogens is 250 g/mol. The van der Waals surface area contributed by atoms with Crippen molar-refractivity contribution in [3.05, 3.63) is 53.9 Å². The molecule has 4 heteroatoms. The Morgan fingerprint density at radius 2 is 2.10 bits per heavy atom. The standard InChI is InChI=1S/C16H19N3O/c1-13-9-18-19(10-13)11-15(20)17-12-16(7-8-16)14-5-3-2-4-6-14/h2-6,9-10H,7-8,11-12H2,1H3,(H,17,20). The zero-order valence-electron chi connectivity index (χ0n) is 11.7. The largest absolute Gasteiger partial charge is 0.354 e. The van der Waals surface area contributed by atoms with Crippen molar-refractivity contribution in [2.24, 2.45) is 0 Å². The second kappa shape index (κ2) is 5.12. The fraction of sp³-hybridized carbons (Fsp3) is 0.375. The quantitative estimate of drug-likeness (QED) is 0.903. The molecule has 3 rings (SSSR count). The molecule has 0 aliphatic heterocycles. The molecule has 2 aromatic rings. The highest BCUT2D eigenvalue weighted by molar-refractivity contribution is 5.75. The third kappa shape index (κ3) is 2.74. The number of hydrogen-bond donors (Lipinski definition) is 1.